The summed E-state index contributed by atoms with van der Waals surface area (Å²) >= 11 is 0. The highest BCUT2D eigenvalue weighted by Crippen LogP contribution is 2.30. The Labute approximate surface area is 76.3 Å². The van der Waals surface area contributed by atoms with Gasteiger partial charge in [0.1, 0.15) is 0 Å². The number of nitrogens with zero attached hydrogens (tertiary/aromatic N) is 1. The molecule has 0 saturated heterocycles. The number of aliphatic hydroxyl groups is 2. The Morgan fingerprint density at radius 3 is 1.46 bits per heavy atom. The van der Waals surface area contributed by atoms with Crippen LogP contribution in [-0.4, -0.2) is 45.4 Å². The Balaban J connectivity index is 0. The molecule has 8 nitrogen and oxygen atoms in total. The van der Waals surface area contributed by atoms with Crippen molar-refractivity contribution in [3.05, 3.63) is 0 Å². The topological polar surface area (TPSA) is 128 Å². The highest BCUT2D eigenvalue weighted by molar-refractivity contribution is 7.46. The van der Waals surface area contributed by atoms with E-state index >= 15 is 0 Å². The van der Waals surface area contributed by atoms with E-state index in [1.807, 2.05) is 0 Å². The van der Waals surface area contributed by atoms with E-state index in [9.17, 15) is 9.13 Å². The van der Waals surface area contributed by atoms with Crippen LogP contribution >= 0.6 is 16.5 Å². The molecule has 0 heterocycles. The molecule has 13 heavy (non-hydrogen) atoms. The largest absolute Gasteiger partial charge is 0.745 e. The van der Waals surface area contributed by atoms with Crippen LogP contribution < -0.4 is 0 Å². The maximum Gasteiger partial charge on any atom is 0.745 e. The minimum Gasteiger partial charge on any atom is -0.381 e. The highest BCUT2D eigenvalue weighted by atomic mass is 31.2. The molecule has 0 bridgehead atoms. The zero-order valence-corrected chi connectivity index (χ0v) is 8.56. The molecule has 0 aromatic rings. The third-order valence-electron chi connectivity index (χ3n) is 0.623. The minimum atomic E-state index is -2.92. The first-order chi connectivity index (χ1) is 5.93. The van der Waals surface area contributed by atoms with Crippen molar-refractivity contribution >= 4 is 16.5 Å². The monoisotopic (exact) mass is 235 g/mol. The molecule has 0 rings (SSSR count). The predicted molar refractivity (Wildman–Crippen MR) is 42.7 cm³/mol. The van der Waals surface area contributed by atoms with Crippen LogP contribution in [0.4, 0.5) is 0 Å². The average Bonchev–Trinajstić information content (AvgIpc) is 2.01. The molecule has 0 aliphatic heterocycles. The van der Waals surface area contributed by atoms with Crippen LogP contribution in [0, 0.1) is 0 Å². The van der Waals surface area contributed by atoms with E-state index < -0.39 is 16.5 Å². The van der Waals surface area contributed by atoms with Crippen LogP contribution in [0.1, 0.15) is 0 Å². The number of hydrogen-bond donors (Lipinski definition) is 4. The summed E-state index contributed by atoms with van der Waals surface area (Å²) in [6.45, 7) is -0.174. The standard InChI is InChI=1S/C3H9NO2.O5P2/c1-4(2-5)3-6;1-6(2)5-7(3)4/h5-6H,2-3H2,1H3;/p+2. The van der Waals surface area contributed by atoms with Crippen LogP contribution in [-0.2, 0) is 13.4 Å². The van der Waals surface area contributed by atoms with Gasteiger partial charge in [0.25, 0.3) is 0 Å². The summed E-state index contributed by atoms with van der Waals surface area (Å²) in [4.78, 5) is 16.7. The van der Waals surface area contributed by atoms with Gasteiger partial charge in [0, 0.05) is 9.13 Å². The lowest BCUT2D eigenvalue weighted by atomic mass is 10.9. The van der Waals surface area contributed by atoms with Gasteiger partial charge in [-0.15, -0.1) is 9.79 Å². The van der Waals surface area contributed by atoms with Crippen molar-refractivity contribution in [1.82, 2.24) is 4.90 Å². The van der Waals surface area contributed by atoms with Crippen LogP contribution in [0.2, 0.25) is 0 Å². The van der Waals surface area contributed by atoms with Gasteiger partial charge in [-0.1, -0.05) is 0 Å². The summed E-state index contributed by atoms with van der Waals surface area (Å²) in [5.41, 5.74) is 0. The Bertz CT molecular complexity index is 148. The Hall–Kier alpha value is -0.0400. The second-order valence-corrected chi connectivity index (χ2v) is 3.30. The Morgan fingerprint density at radius 2 is 1.46 bits per heavy atom. The van der Waals surface area contributed by atoms with Gasteiger partial charge < -0.3 is 10.2 Å². The molecule has 0 spiro atoms. The molecule has 10 heteroatoms. The van der Waals surface area contributed by atoms with E-state index in [2.05, 4.69) is 4.31 Å². The number of rotatable bonds is 4. The average molecular weight is 235 g/mol. The van der Waals surface area contributed by atoms with E-state index in [1.165, 1.54) is 4.90 Å². The number of hydrogen-bond acceptors (Lipinski definition) is 6. The van der Waals surface area contributed by atoms with E-state index in [-0.39, 0.29) is 13.5 Å². The van der Waals surface area contributed by atoms with Crippen LogP contribution in [0.25, 0.3) is 0 Å². The molecule has 0 radical (unpaired) electrons. The molecular weight excluding hydrogens is 224 g/mol. The summed E-state index contributed by atoms with van der Waals surface area (Å²) in [5, 5.41) is 16.2. The first-order valence-corrected chi connectivity index (χ1v) is 5.10. The molecule has 78 valence electrons. The van der Waals surface area contributed by atoms with Gasteiger partial charge in [-0.3, -0.25) is 4.90 Å². The van der Waals surface area contributed by atoms with Crippen molar-refractivity contribution in [2.75, 3.05) is 20.5 Å². The molecular formula is C3H11NO7P2+2. The lowest BCUT2D eigenvalue weighted by Gasteiger charge is -2.05. The fourth-order valence-corrected chi connectivity index (χ4v) is 0.582. The van der Waals surface area contributed by atoms with Crippen molar-refractivity contribution < 1.29 is 33.4 Å². The van der Waals surface area contributed by atoms with Gasteiger partial charge in [0.05, 0.1) is 13.5 Å². The van der Waals surface area contributed by atoms with Crippen molar-refractivity contribution in [1.29, 1.82) is 0 Å². The fraction of sp³-hybridized carbons (Fsp3) is 1.00. The zero-order valence-electron chi connectivity index (χ0n) is 6.77. The molecule has 0 amide bonds. The maximum absolute atomic E-state index is 9.39. The SMILES string of the molecule is CN(CO)CO.O=[P+](O)O[P+](=O)O. The number of aliphatic hydroxyl groups excluding tert-OH is 2. The third kappa shape index (κ3) is 18.7. The lowest BCUT2D eigenvalue weighted by Crippen LogP contribution is -2.19. The summed E-state index contributed by atoms with van der Waals surface area (Å²) in [5.74, 6) is 0. The molecule has 0 fully saturated rings. The second kappa shape index (κ2) is 10.0. The van der Waals surface area contributed by atoms with E-state index in [0.717, 1.165) is 0 Å². The van der Waals surface area contributed by atoms with Gasteiger partial charge >= 0.3 is 16.5 Å². The van der Waals surface area contributed by atoms with Gasteiger partial charge in [0.15, 0.2) is 4.31 Å². The van der Waals surface area contributed by atoms with Crippen molar-refractivity contribution in [2.45, 2.75) is 0 Å². The van der Waals surface area contributed by atoms with Gasteiger partial charge in [0.2, 0.25) is 0 Å². The van der Waals surface area contributed by atoms with Gasteiger partial charge in [-0.2, -0.15) is 0 Å². The smallest absolute Gasteiger partial charge is 0.381 e. The van der Waals surface area contributed by atoms with Crippen molar-refractivity contribution in [3.63, 3.8) is 0 Å². The van der Waals surface area contributed by atoms with Gasteiger partial charge in [-0.25, -0.2) is 0 Å². The Kier molecular flexibility index (Phi) is 11.9. The van der Waals surface area contributed by atoms with Crippen molar-refractivity contribution in [3.8, 4) is 0 Å². The van der Waals surface area contributed by atoms with Crippen LogP contribution in [0.3, 0.4) is 0 Å². The molecule has 0 aliphatic rings. The van der Waals surface area contributed by atoms with E-state index in [4.69, 9.17) is 20.0 Å². The normalized spacial score (nSPS) is 11.8. The first-order valence-electron chi connectivity index (χ1n) is 2.84. The molecule has 2 unspecified atom stereocenters. The van der Waals surface area contributed by atoms with Gasteiger partial charge in [-0.05, 0) is 7.05 Å². The summed E-state index contributed by atoms with van der Waals surface area (Å²) in [7, 11) is -4.24. The second-order valence-electron chi connectivity index (χ2n) is 1.70. The van der Waals surface area contributed by atoms with Crippen LogP contribution in [0.5, 0.6) is 0 Å². The lowest BCUT2D eigenvalue weighted by molar-refractivity contribution is 0.0512. The maximum atomic E-state index is 9.39. The summed E-state index contributed by atoms with van der Waals surface area (Å²) in [6.07, 6.45) is 0. The first kappa shape index (κ1) is 15.4. The van der Waals surface area contributed by atoms with E-state index in [1.54, 1.807) is 7.05 Å². The molecule has 0 aromatic carbocycles. The highest BCUT2D eigenvalue weighted by Gasteiger charge is 2.31. The summed E-state index contributed by atoms with van der Waals surface area (Å²) < 4.78 is 22.2. The predicted octanol–water partition coefficient (Wildman–Crippen LogP) is -0.880. The minimum absolute atomic E-state index is 0.0868. The Morgan fingerprint density at radius 1 is 1.15 bits per heavy atom. The zero-order chi connectivity index (χ0) is 10.9. The molecule has 0 aliphatic carbocycles. The molecule has 0 saturated carbocycles. The fourth-order valence-electron chi connectivity index (χ4n) is 0.104. The van der Waals surface area contributed by atoms with E-state index in [0.29, 0.717) is 0 Å². The molecule has 2 atom stereocenters. The quantitative estimate of drug-likeness (QED) is 0.365. The third-order valence-corrected chi connectivity index (χ3v) is 1.74. The van der Waals surface area contributed by atoms with Crippen LogP contribution in [0.15, 0.2) is 0 Å². The van der Waals surface area contributed by atoms with Crippen molar-refractivity contribution in [2.24, 2.45) is 0 Å². The molecule has 4 N–H and O–H groups in total. The molecule has 0 aromatic heterocycles. The summed E-state index contributed by atoms with van der Waals surface area (Å²) in [6, 6.07) is 0.